The minimum atomic E-state index is -0.231. The normalized spacial score (nSPS) is 19.3. The van der Waals surface area contributed by atoms with Crippen molar-refractivity contribution in [1.29, 1.82) is 0 Å². The standard InChI is InChI=1S/C17H23N5O2/c1-12-4-5-15-19-14(11-22(15)8-12)17(24)21-7-6-20(3)9-13(10-21)16(23)18-2/h4-5,8,11,13H,6-7,9-10H2,1-3H3,(H,18,23)/t13-/m0/s1. The molecule has 0 saturated carbocycles. The molecule has 1 aliphatic rings. The first-order valence-electron chi connectivity index (χ1n) is 8.12. The third-order valence-corrected chi connectivity index (χ3v) is 4.45. The van der Waals surface area contributed by atoms with Crippen molar-refractivity contribution in [2.45, 2.75) is 6.92 Å². The van der Waals surface area contributed by atoms with Crippen LogP contribution in [0.1, 0.15) is 16.1 Å². The average molecular weight is 329 g/mol. The van der Waals surface area contributed by atoms with E-state index in [1.165, 1.54) is 0 Å². The summed E-state index contributed by atoms with van der Waals surface area (Å²) < 4.78 is 1.86. The van der Waals surface area contributed by atoms with Crippen molar-refractivity contribution in [3.63, 3.8) is 0 Å². The van der Waals surface area contributed by atoms with E-state index in [0.717, 1.165) is 17.8 Å². The molecule has 3 rings (SSSR count). The molecule has 0 bridgehead atoms. The molecular formula is C17H23N5O2. The maximum Gasteiger partial charge on any atom is 0.274 e. The molecule has 1 N–H and O–H groups in total. The second-order valence-electron chi connectivity index (χ2n) is 6.42. The third-order valence-electron chi connectivity index (χ3n) is 4.45. The second kappa shape index (κ2) is 6.60. The average Bonchev–Trinajstić information content (AvgIpc) is 2.88. The molecule has 128 valence electrons. The molecule has 1 aliphatic heterocycles. The van der Waals surface area contributed by atoms with Crippen molar-refractivity contribution in [3.05, 3.63) is 35.8 Å². The number of aryl methyl sites for hydroxylation is 1. The van der Waals surface area contributed by atoms with Gasteiger partial charge in [-0.15, -0.1) is 0 Å². The minimum absolute atomic E-state index is 0.0350. The number of nitrogens with zero attached hydrogens (tertiary/aromatic N) is 4. The zero-order valence-electron chi connectivity index (χ0n) is 14.3. The summed E-state index contributed by atoms with van der Waals surface area (Å²) in [5, 5.41) is 2.69. The lowest BCUT2D eigenvalue weighted by Gasteiger charge is -2.22. The van der Waals surface area contributed by atoms with Gasteiger partial charge >= 0.3 is 0 Å². The van der Waals surface area contributed by atoms with Gasteiger partial charge in [0.1, 0.15) is 11.3 Å². The van der Waals surface area contributed by atoms with Gasteiger partial charge in [-0.05, 0) is 25.6 Å². The van der Waals surface area contributed by atoms with E-state index in [0.29, 0.717) is 25.3 Å². The van der Waals surface area contributed by atoms with E-state index in [4.69, 9.17) is 0 Å². The number of likely N-dealkylation sites (N-methyl/N-ethyl adjacent to an activating group) is 1. The minimum Gasteiger partial charge on any atom is -0.359 e. The van der Waals surface area contributed by atoms with E-state index in [1.54, 1.807) is 18.1 Å². The van der Waals surface area contributed by atoms with Crippen LogP contribution >= 0.6 is 0 Å². The van der Waals surface area contributed by atoms with Crippen molar-refractivity contribution in [2.75, 3.05) is 40.3 Å². The van der Waals surface area contributed by atoms with Crippen LogP contribution in [0.4, 0.5) is 0 Å². The van der Waals surface area contributed by atoms with Gasteiger partial charge in [0, 0.05) is 45.6 Å². The van der Waals surface area contributed by atoms with Gasteiger partial charge in [0.2, 0.25) is 5.91 Å². The van der Waals surface area contributed by atoms with E-state index in [2.05, 4.69) is 15.2 Å². The lowest BCUT2D eigenvalue weighted by molar-refractivity contribution is -0.125. The van der Waals surface area contributed by atoms with E-state index in [9.17, 15) is 9.59 Å². The number of fused-ring (bicyclic) bond motifs is 1. The Labute approximate surface area is 141 Å². The number of rotatable bonds is 2. The number of imidazole rings is 1. The molecule has 2 amide bonds. The van der Waals surface area contributed by atoms with Crippen LogP contribution in [0.3, 0.4) is 0 Å². The monoisotopic (exact) mass is 329 g/mol. The zero-order valence-corrected chi connectivity index (χ0v) is 14.3. The van der Waals surface area contributed by atoms with Crippen LogP contribution in [-0.2, 0) is 4.79 Å². The smallest absolute Gasteiger partial charge is 0.274 e. The predicted octanol–water partition coefficient (Wildman–Crippen LogP) is 0.393. The molecule has 24 heavy (non-hydrogen) atoms. The summed E-state index contributed by atoms with van der Waals surface area (Å²) in [6.07, 6.45) is 3.71. The summed E-state index contributed by atoms with van der Waals surface area (Å²) in [7, 11) is 3.60. The van der Waals surface area contributed by atoms with E-state index in [-0.39, 0.29) is 17.7 Å². The molecule has 3 heterocycles. The van der Waals surface area contributed by atoms with Gasteiger partial charge in [-0.25, -0.2) is 4.98 Å². The van der Waals surface area contributed by atoms with Crippen molar-refractivity contribution >= 4 is 17.5 Å². The van der Waals surface area contributed by atoms with E-state index >= 15 is 0 Å². The molecule has 2 aromatic heterocycles. The SMILES string of the molecule is CNC(=O)[C@H]1CN(C)CCN(C(=O)c2cn3cc(C)ccc3n2)C1. The van der Waals surface area contributed by atoms with Crippen LogP contribution in [0.15, 0.2) is 24.5 Å². The molecule has 0 radical (unpaired) electrons. The summed E-state index contributed by atoms with van der Waals surface area (Å²) >= 11 is 0. The topological polar surface area (TPSA) is 70.0 Å². The summed E-state index contributed by atoms with van der Waals surface area (Å²) in [5.41, 5.74) is 2.27. The van der Waals surface area contributed by atoms with Crippen LogP contribution in [-0.4, -0.2) is 71.3 Å². The van der Waals surface area contributed by atoms with Gasteiger partial charge in [0.15, 0.2) is 0 Å². The fourth-order valence-electron chi connectivity index (χ4n) is 3.10. The lowest BCUT2D eigenvalue weighted by Crippen LogP contribution is -2.41. The predicted molar refractivity (Wildman–Crippen MR) is 90.9 cm³/mol. The summed E-state index contributed by atoms with van der Waals surface area (Å²) in [6, 6.07) is 3.87. The largest absolute Gasteiger partial charge is 0.359 e. The van der Waals surface area contributed by atoms with Crippen molar-refractivity contribution in [3.8, 4) is 0 Å². The molecule has 7 heteroatoms. The molecule has 0 aromatic carbocycles. The Morgan fingerprint density at radius 3 is 2.75 bits per heavy atom. The number of aromatic nitrogens is 2. The molecule has 0 aliphatic carbocycles. The number of carbonyl (C=O) groups excluding carboxylic acids is 2. The highest BCUT2D eigenvalue weighted by Gasteiger charge is 2.29. The Morgan fingerprint density at radius 1 is 1.21 bits per heavy atom. The number of hydrogen-bond acceptors (Lipinski definition) is 4. The number of hydrogen-bond donors (Lipinski definition) is 1. The van der Waals surface area contributed by atoms with Gasteiger partial charge in [-0.3, -0.25) is 9.59 Å². The zero-order chi connectivity index (χ0) is 17.3. The Morgan fingerprint density at radius 2 is 2.00 bits per heavy atom. The Kier molecular flexibility index (Phi) is 4.53. The first kappa shape index (κ1) is 16.4. The van der Waals surface area contributed by atoms with Gasteiger partial charge in [0.05, 0.1) is 5.92 Å². The Hall–Kier alpha value is -2.41. The van der Waals surface area contributed by atoms with Crippen LogP contribution in [0.25, 0.3) is 5.65 Å². The number of pyridine rings is 1. The highest BCUT2D eigenvalue weighted by molar-refractivity contribution is 5.93. The van der Waals surface area contributed by atoms with Gasteiger partial charge in [0.25, 0.3) is 5.91 Å². The third kappa shape index (κ3) is 3.26. The molecular weight excluding hydrogens is 306 g/mol. The van der Waals surface area contributed by atoms with Crippen LogP contribution < -0.4 is 5.32 Å². The summed E-state index contributed by atoms with van der Waals surface area (Å²) in [4.78, 5) is 33.2. The van der Waals surface area contributed by atoms with Gasteiger partial charge in [-0.2, -0.15) is 0 Å². The fourth-order valence-corrected chi connectivity index (χ4v) is 3.10. The van der Waals surface area contributed by atoms with Gasteiger partial charge in [-0.1, -0.05) is 6.07 Å². The number of nitrogens with one attached hydrogen (secondary N) is 1. The molecule has 0 spiro atoms. The molecule has 7 nitrogen and oxygen atoms in total. The first-order chi connectivity index (χ1) is 11.5. The lowest BCUT2D eigenvalue weighted by atomic mass is 10.1. The van der Waals surface area contributed by atoms with E-state index in [1.807, 2.05) is 36.7 Å². The van der Waals surface area contributed by atoms with Crippen LogP contribution in [0.5, 0.6) is 0 Å². The maximum atomic E-state index is 12.9. The van der Waals surface area contributed by atoms with Gasteiger partial charge < -0.3 is 19.5 Å². The van der Waals surface area contributed by atoms with Crippen LogP contribution in [0, 0.1) is 12.8 Å². The Balaban J connectivity index is 1.84. The van der Waals surface area contributed by atoms with Crippen molar-refractivity contribution < 1.29 is 9.59 Å². The van der Waals surface area contributed by atoms with Crippen molar-refractivity contribution in [1.82, 2.24) is 24.5 Å². The van der Waals surface area contributed by atoms with Crippen LogP contribution in [0.2, 0.25) is 0 Å². The highest BCUT2D eigenvalue weighted by atomic mass is 16.2. The molecule has 1 atom stereocenters. The molecule has 2 aromatic rings. The first-order valence-corrected chi connectivity index (χ1v) is 8.12. The Bertz CT molecular complexity index is 769. The highest BCUT2D eigenvalue weighted by Crippen LogP contribution is 2.14. The summed E-state index contributed by atoms with van der Waals surface area (Å²) in [6.45, 7) is 4.39. The van der Waals surface area contributed by atoms with E-state index < -0.39 is 0 Å². The maximum absolute atomic E-state index is 12.9. The van der Waals surface area contributed by atoms with Crippen molar-refractivity contribution in [2.24, 2.45) is 5.92 Å². The molecule has 1 saturated heterocycles. The number of amides is 2. The fraction of sp³-hybridized carbons (Fsp3) is 0.471. The molecule has 0 unspecified atom stereocenters. The number of carbonyl (C=O) groups is 2. The summed E-state index contributed by atoms with van der Waals surface area (Å²) in [5.74, 6) is -0.390. The quantitative estimate of drug-likeness (QED) is 0.865. The second-order valence-corrected chi connectivity index (χ2v) is 6.42. The molecule has 1 fully saturated rings.